The molecule has 1 unspecified atom stereocenters. The molecule has 0 saturated carbocycles. The molecule has 2 heterocycles. The lowest BCUT2D eigenvalue weighted by atomic mass is 10.0. The molecule has 1 atom stereocenters. The van der Waals surface area contributed by atoms with E-state index in [0.717, 1.165) is 28.8 Å². The molecule has 106 valence electrons. The number of benzene rings is 1. The minimum atomic E-state index is 0.723. The summed E-state index contributed by atoms with van der Waals surface area (Å²) in [7, 11) is 0. The van der Waals surface area contributed by atoms with Gasteiger partial charge in [-0.25, -0.2) is 0 Å². The Morgan fingerprint density at radius 2 is 1.95 bits per heavy atom. The van der Waals surface area contributed by atoms with Crippen LogP contribution in [0.3, 0.4) is 0 Å². The number of aromatic nitrogens is 3. The summed E-state index contributed by atoms with van der Waals surface area (Å²) in [4.78, 5) is 0. The molecular formula is C17H17N3S. The monoisotopic (exact) mass is 295 g/mol. The summed E-state index contributed by atoms with van der Waals surface area (Å²) >= 11 is 1.66. The van der Waals surface area contributed by atoms with Gasteiger partial charge in [0.1, 0.15) is 10.0 Å². The lowest BCUT2D eigenvalue weighted by Gasteiger charge is -2.12. The molecule has 4 heteroatoms. The molecule has 0 bridgehead atoms. The highest BCUT2D eigenvalue weighted by molar-refractivity contribution is 7.14. The zero-order valence-electron chi connectivity index (χ0n) is 12.2. The number of nitrogens with zero attached hydrogens (tertiary/aromatic N) is 3. The Kier molecular flexibility index (Phi) is 2.93. The van der Waals surface area contributed by atoms with Crippen LogP contribution in [-0.2, 0) is 12.8 Å². The van der Waals surface area contributed by atoms with Crippen molar-refractivity contribution in [3.8, 4) is 16.3 Å². The molecule has 0 fully saturated rings. The van der Waals surface area contributed by atoms with Crippen LogP contribution in [0.2, 0.25) is 0 Å². The smallest absolute Gasteiger partial charge is 0.147 e. The molecule has 3 aromatic rings. The molecule has 0 N–H and O–H groups in total. The standard InChI is InChI=1S/C17H17N3S/c1-11-7-13-9-14(17-19-18-12(2)21-17)10-16(15(13)8-11)20-5-3-4-6-20/h3-6,9-11H,7-8H2,1-2H3. The second kappa shape index (κ2) is 4.81. The molecule has 0 saturated heterocycles. The van der Waals surface area contributed by atoms with Crippen LogP contribution in [0.4, 0.5) is 0 Å². The molecule has 0 aliphatic heterocycles. The van der Waals surface area contributed by atoms with Gasteiger partial charge in [-0.1, -0.05) is 18.3 Å². The van der Waals surface area contributed by atoms with Gasteiger partial charge < -0.3 is 4.57 Å². The van der Waals surface area contributed by atoms with E-state index in [1.807, 2.05) is 6.92 Å². The zero-order valence-corrected chi connectivity index (χ0v) is 13.0. The fourth-order valence-electron chi connectivity index (χ4n) is 3.19. The van der Waals surface area contributed by atoms with Gasteiger partial charge in [-0.3, -0.25) is 0 Å². The van der Waals surface area contributed by atoms with Crippen LogP contribution in [-0.4, -0.2) is 14.8 Å². The molecule has 3 nitrogen and oxygen atoms in total. The third-order valence-electron chi connectivity index (χ3n) is 4.10. The van der Waals surface area contributed by atoms with Crippen LogP contribution in [0.1, 0.15) is 23.1 Å². The first-order chi connectivity index (χ1) is 10.2. The van der Waals surface area contributed by atoms with Gasteiger partial charge in [0.05, 0.1) is 0 Å². The maximum absolute atomic E-state index is 4.31. The molecule has 0 spiro atoms. The third kappa shape index (κ3) is 2.20. The Morgan fingerprint density at radius 1 is 1.14 bits per heavy atom. The second-order valence-corrected chi connectivity index (χ2v) is 7.04. The fraction of sp³-hybridized carbons (Fsp3) is 0.294. The molecule has 21 heavy (non-hydrogen) atoms. The van der Waals surface area contributed by atoms with Gasteiger partial charge in [-0.2, -0.15) is 0 Å². The van der Waals surface area contributed by atoms with E-state index in [2.05, 4.69) is 58.3 Å². The Balaban J connectivity index is 1.91. The predicted octanol–water partition coefficient (Wildman–Crippen LogP) is 4.04. The molecule has 1 aromatic carbocycles. The zero-order chi connectivity index (χ0) is 14.4. The van der Waals surface area contributed by atoms with E-state index in [0.29, 0.717) is 0 Å². The Hall–Kier alpha value is -1.94. The Bertz CT molecular complexity index is 786. The van der Waals surface area contributed by atoms with E-state index >= 15 is 0 Å². The van der Waals surface area contributed by atoms with Gasteiger partial charge in [-0.05, 0) is 61.1 Å². The number of rotatable bonds is 2. The summed E-state index contributed by atoms with van der Waals surface area (Å²) in [5.41, 5.74) is 5.45. The maximum Gasteiger partial charge on any atom is 0.147 e. The first-order valence-electron chi connectivity index (χ1n) is 7.30. The molecule has 4 rings (SSSR count). The first kappa shape index (κ1) is 12.8. The lowest BCUT2D eigenvalue weighted by Crippen LogP contribution is -1.98. The van der Waals surface area contributed by atoms with E-state index in [1.165, 1.54) is 22.4 Å². The summed E-state index contributed by atoms with van der Waals surface area (Å²) < 4.78 is 2.22. The fourth-order valence-corrected chi connectivity index (χ4v) is 3.87. The highest BCUT2D eigenvalue weighted by atomic mass is 32.1. The van der Waals surface area contributed by atoms with Crippen molar-refractivity contribution in [2.45, 2.75) is 26.7 Å². The third-order valence-corrected chi connectivity index (χ3v) is 4.98. The van der Waals surface area contributed by atoms with Crippen molar-refractivity contribution >= 4 is 11.3 Å². The minimum Gasteiger partial charge on any atom is -0.324 e. The average Bonchev–Trinajstić information content (AvgIpc) is 3.16. The molecule has 0 radical (unpaired) electrons. The summed E-state index contributed by atoms with van der Waals surface area (Å²) in [6, 6.07) is 8.72. The lowest BCUT2D eigenvalue weighted by molar-refractivity contribution is 0.627. The SMILES string of the molecule is Cc1nnc(-c2cc3c(c(-n4cccc4)c2)CC(C)C3)s1. The van der Waals surface area contributed by atoms with Crippen molar-refractivity contribution in [2.75, 3.05) is 0 Å². The number of aryl methyl sites for hydroxylation is 1. The second-order valence-electron chi connectivity index (χ2n) is 5.86. The van der Waals surface area contributed by atoms with Crippen LogP contribution in [0.5, 0.6) is 0 Å². The molecular weight excluding hydrogens is 278 g/mol. The highest BCUT2D eigenvalue weighted by Gasteiger charge is 2.23. The van der Waals surface area contributed by atoms with Gasteiger partial charge in [0.25, 0.3) is 0 Å². The predicted molar refractivity (Wildman–Crippen MR) is 86.0 cm³/mol. The normalized spacial score (nSPS) is 17.1. The van der Waals surface area contributed by atoms with Gasteiger partial charge in [0, 0.05) is 23.6 Å². The van der Waals surface area contributed by atoms with Gasteiger partial charge in [0.2, 0.25) is 0 Å². The van der Waals surface area contributed by atoms with Crippen molar-refractivity contribution < 1.29 is 0 Å². The maximum atomic E-state index is 4.31. The van der Waals surface area contributed by atoms with Crippen LogP contribution in [0.25, 0.3) is 16.3 Å². The van der Waals surface area contributed by atoms with Crippen molar-refractivity contribution in [1.82, 2.24) is 14.8 Å². The van der Waals surface area contributed by atoms with E-state index in [4.69, 9.17) is 0 Å². The summed E-state index contributed by atoms with van der Waals surface area (Å²) in [6.45, 7) is 4.33. The summed E-state index contributed by atoms with van der Waals surface area (Å²) in [5.74, 6) is 0.723. The van der Waals surface area contributed by atoms with E-state index in [9.17, 15) is 0 Å². The van der Waals surface area contributed by atoms with Crippen molar-refractivity contribution in [3.63, 3.8) is 0 Å². The number of hydrogen-bond donors (Lipinski definition) is 0. The van der Waals surface area contributed by atoms with Gasteiger partial charge in [-0.15, -0.1) is 10.2 Å². The largest absolute Gasteiger partial charge is 0.324 e. The first-order valence-corrected chi connectivity index (χ1v) is 8.12. The van der Waals surface area contributed by atoms with Crippen LogP contribution in [0, 0.1) is 12.8 Å². The number of hydrogen-bond acceptors (Lipinski definition) is 3. The molecule has 1 aliphatic rings. The quantitative estimate of drug-likeness (QED) is 0.714. The van der Waals surface area contributed by atoms with E-state index in [-0.39, 0.29) is 0 Å². The highest BCUT2D eigenvalue weighted by Crippen LogP contribution is 2.36. The Labute approximate surface area is 128 Å². The topological polar surface area (TPSA) is 30.7 Å². The van der Waals surface area contributed by atoms with Crippen molar-refractivity contribution in [1.29, 1.82) is 0 Å². The van der Waals surface area contributed by atoms with Gasteiger partial charge >= 0.3 is 0 Å². The molecule has 2 aromatic heterocycles. The van der Waals surface area contributed by atoms with Crippen LogP contribution >= 0.6 is 11.3 Å². The van der Waals surface area contributed by atoms with Gasteiger partial charge in [0.15, 0.2) is 0 Å². The Morgan fingerprint density at radius 3 is 2.67 bits per heavy atom. The minimum absolute atomic E-state index is 0.723. The summed E-state index contributed by atoms with van der Waals surface area (Å²) in [5, 5.41) is 10.5. The number of fused-ring (bicyclic) bond motifs is 1. The average molecular weight is 295 g/mol. The molecule has 0 amide bonds. The van der Waals surface area contributed by atoms with E-state index < -0.39 is 0 Å². The van der Waals surface area contributed by atoms with Crippen molar-refractivity contribution in [2.24, 2.45) is 5.92 Å². The van der Waals surface area contributed by atoms with Crippen molar-refractivity contribution in [3.05, 3.63) is 52.8 Å². The van der Waals surface area contributed by atoms with E-state index in [1.54, 1.807) is 11.3 Å². The van der Waals surface area contributed by atoms with Crippen LogP contribution < -0.4 is 0 Å². The van der Waals surface area contributed by atoms with Crippen LogP contribution in [0.15, 0.2) is 36.7 Å². The molecule has 1 aliphatic carbocycles. The summed E-state index contributed by atoms with van der Waals surface area (Å²) in [6.07, 6.45) is 6.56.